The van der Waals surface area contributed by atoms with Crippen LogP contribution in [0, 0.1) is 0 Å². The highest BCUT2D eigenvalue weighted by molar-refractivity contribution is 9.08. The fourth-order valence-corrected chi connectivity index (χ4v) is 0.677. The SMILES string of the molecule is O=c1ccn(Br)[nH]c1=O. The van der Waals surface area contributed by atoms with Gasteiger partial charge in [0.1, 0.15) is 0 Å². The first-order valence-corrected chi connectivity index (χ1v) is 2.89. The summed E-state index contributed by atoms with van der Waals surface area (Å²) < 4.78 is 1.23. The Morgan fingerprint density at radius 1 is 1.56 bits per heavy atom. The lowest BCUT2D eigenvalue weighted by molar-refractivity contribution is 0.928. The van der Waals surface area contributed by atoms with Crippen molar-refractivity contribution in [1.29, 1.82) is 0 Å². The summed E-state index contributed by atoms with van der Waals surface area (Å²) in [5.41, 5.74) is -1.17. The first-order chi connectivity index (χ1) is 4.20. The van der Waals surface area contributed by atoms with Crippen molar-refractivity contribution in [1.82, 2.24) is 8.81 Å². The van der Waals surface area contributed by atoms with E-state index >= 15 is 0 Å². The Hall–Kier alpha value is -0.840. The van der Waals surface area contributed by atoms with Gasteiger partial charge in [-0.3, -0.25) is 14.7 Å². The predicted molar refractivity (Wildman–Crippen MR) is 35.6 cm³/mol. The van der Waals surface area contributed by atoms with Gasteiger partial charge in [0.25, 0.3) is 0 Å². The predicted octanol–water partition coefficient (Wildman–Crippen LogP) is -0.305. The quantitative estimate of drug-likeness (QED) is 0.572. The van der Waals surface area contributed by atoms with Crippen LogP contribution in [0.2, 0.25) is 0 Å². The maximum absolute atomic E-state index is 10.4. The fraction of sp³-hybridized carbons (Fsp3) is 0. The summed E-state index contributed by atoms with van der Waals surface area (Å²) in [6.07, 6.45) is 1.41. The van der Waals surface area contributed by atoms with Crippen molar-refractivity contribution in [3.63, 3.8) is 0 Å². The van der Waals surface area contributed by atoms with Crippen LogP contribution in [0.3, 0.4) is 0 Å². The molecule has 0 spiro atoms. The summed E-state index contributed by atoms with van der Waals surface area (Å²) >= 11 is 2.92. The van der Waals surface area contributed by atoms with Crippen LogP contribution in [0.25, 0.3) is 0 Å². The molecular weight excluding hydrogens is 188 g/mol. The average molecular weight is 191 g/mol. The third-order valence-electron chi connectivity index (χ3n) is 0.789. The highest BCUT2D eigenvalue weighted by Crippen LogP contribution is 1.78. The van der Waals surface area contributed by atoms with E-state index in [0.29, 0.717) is 0 Å². The van der Waals surface area contributed by atoms with Gasteiger partial charge in [-0.2, -0.15) is 0 Å². The van der Waals surface area contributed by atoms with E-state index in [0.717, 1.165) is 0 Å². The van der Waals surface area contributed by atoms with Crippen LogP contribution in [0.1, 0.15) is 0 Å². The monoisotopic (exact) mass is 190 g/mol. The Labute approximate surface area is 58.4 Å². The molecule has 0 aliphatic carbocycles. The van der Waals surface area contributed by atoms with Gasteiger partial charge in [0.15, 0.2) is 0 Å². The maximum Gasteiger partial charge on any atom is 0.311 e. The normalized spacial score (nSPS) is 9.44. The number of aromatic amines is 1. The fourth-order valence-electron chi connectivity index (χ4n) is 0.398. The summed E-state index contributed by atoms with van der Waals surface area (Å²) in [5.74, 6) is 0. The van der Waals surface area contributed by atoms with Crippen LogP contribution in [0.15, 0.2) is 21.9 Å². The molecule has 1 aromatic heterocycles. The van der Waals surface area contributed by atoms with Crippen molar-refractivity contribution in [3.05, 3.63) is 32.8 Å². The van der Waals surface area contributed by atoms with E-state index < -0.39 is 11.0 Å². The van der Waals surface area contributed by atoms with E-state index in [-0.39, 0.29) is 0 Å². The third-order valence-corrected chi connectivity index (χ3v) is 1.20. The van der Waals surface area contributed by atoms with Crippen LogP contribution in [-0.4, -0.2) is 8.81 Å². The zero-order valence-electron chi connectivity index (χ0n) is 4.30. The minimum atomic E-state index is -0.630. The Morgan fingerprint density at radius 3 is 2.67 bits per heavy atom. The summed E-state index contributed by atoms with van der Waals surface area (Å²) in [4.78, 5) is 20.8. The molecule has 0 saturated carbocycles. The first-order valence-electron chi connectivity index (χ1n) is 2.18. The molecule has 1 aromatic rings. The van der Waals surface area contributed by atoms with E-state index in [1.807, 2.05) is 0 Å². The Bertz CT molecular complexity index is 313. The van der Waals surface area contributed by atoms with Gasteiger partial charge < -0.3 is 0 Å². The molecule has 0 amide bonds. The highest BCUT2D eigenvalue weighted by atomic mass is 79.9. The van der Waals surface area contributed by atoms with Crippen molar-refractivity contribution in [2.75, 3.05) is 0 Å². The molecule has 5 heteroatoms. The van der Waals surface area contributed by atoms with Crippen molar-refractivity contribution >= 4 is 16.1 Å². The molecule has 48 valence electrons. The molecule has 0 aliphatic heterocycles. The molecule has 9 heavy (non-hydrogen) atoms. The van der Waals surface area contributed by atoms with Gasteiger partial charge in [-0.1, -0.05) is 0 Å². The van der Waals surface area contributed by atoms with Gasteiger partial charge in [-0.05, 0) is 0 Å². The number of hydrogen-bond acceptors (Lipinski definition) is 2. The van der Waals surface area contributed by atoms with E-state index in [2.05, 4.69) is 21.2 Å². The number of H-pyrrole nitrogens is 1. The summed E-state index contributed by atoms with van der Waals surface area (Å²) in [6, 6.07) is 1.17. The second-order valence-corrected chi connectivity index (χ2v) is 2.20. The smallest absolute Gasteiger partial charge is 0.284 e. The van der Waals surface area contributed by atoms with Gasteiger partial charge in [0.05, 0.1) is 16.1 Å². The van der Waals surface area contributed by atoms with Crippen LogP contribution in [-0.2, 0) is 0 Å². The molecule has 0 aromatic carbocycles. The second kappa shape index (κ2) is 2.18. The van der Waals surface area contributed by atoms with Crippen LogP contribution >= 0.6 is 16.1 Å². The minimum Gasteiger partial charge on any atom is -0.284 e. The lowest BCUT2D eigenvalue weighted by atomic mass is 10.6. The number of halogens is 1. The molecule has 0 saturated heterocycles. The van der Waals surface area contributed by atoms with Crippen LogP contribution < -0.4 is 11.0 Å². The number of nitrogens with zero attached hydrogens (tertiary/aromatic N) is 1. The lowest BCUT2D eigenvalue weighted by Crippen LogP contribution is -2.27. The van der Waals surface area contributed by atoms with Gasteiger partial charge in [0.2, 0.25) is 5.43 Å². The molecule has 0 bridgehead atoms. The second-order valence-electron chi connectivity index (χ2n) is 1.43. The summed E-state index contributed by atoms with van der Waals surface area (Å²) in [7, 11) is 0. The van der Waals surface area contributed by atoms with Crippen molar-refractivity contribution < 1.29 is 0 Å². The summed E-state index contributed by atoms with van der Waals surface area (Å²) in [5, 5.41) is 2.20. The van der Waals surface area contributed by atoms with Crippen molar-refractivity contribution in [3.8, 4) is 0 Å². The van der Waals surface area contributed by atoms with E-state index in [1.54, 1.807) is 0 Å². The molecule has 0 atom stereocenters. The third kappa shape index (κ3) is 1.29. The van der Waals surface area contributed by atoms with Gasteiger partial charge >= 0.3 is 5.56 Å². The standard InChI is InChI=1S/C4H3BrN2O2/c5-7-2-1-3(8)4(9)6-7/h1-2H,(H,6,9). The first kappa shape index (κ1) is 6.28. The van der Waals surface area contributed by atoms with E-state index in [1.165, 1.54) is 16.0 Å². The molecule has 1 N–H and O–H groups in total. The minimum absolute atomic E-state index is 0.536. The Kier molecular flexibility index (Phi) is 1.52. The lowest BCUT2D eigenvalue weighted by Gasteiger charge is -1.87. The molecule has 4 nitrogen and oxygen atoms in total. The van der Waals surface area contributed by atoms with Gasteiger partial charge in [-0.25, -0.2) is 3.71 Å². The zero-order chi connectivity index (χ0) is 6.85. The average Bonchev–Trinajstić information content (AvgIpc) is 1.80. The number of rotatable bonds is 0. The largest absolute Gasteiger partial charge is 0.311 e. The van der Waals surface area contributed by atoms with E-state index in [4.69, 9.17) is 0 Å². The van der Waals surface area contributed by atoms with Crippen LogP contribution in [0.5, 0.6) is 0 Å². The zero-order valence-corrected chi connectivity index (χ0v) is 5.88. The Morgan fingerprint density at radius 2 is 2.22 bits per heavy atom. The molecule has 0 unspecified atom stereocenters. The van der Waals surface area contributed by atoms with Gasteiger partial charge in [0, 0.05) is 12.3 Å². The Balaban J connectivity index is 3.53. The summed E-state index contributed by atoms with van der Waals surface area (Å²) in [6.45, 7) is 0. The molecule has 0 radical (unpaired) electrons. The highest BCUT2D eigenvalue weighted by Gasteiger charge is 1.88. The number of hydrogen-bond donors (Lipinski definition) is 1. The molecule has 1 heterocycles. The topological polar surface area (TPSA) is 54.9 Å². The molecular formula is C4H3BrN2O2. The molecule has 0 fully saturated rings. The number of aromatic nitrogens is 2. The molecule has 0 aliphatic rings. The van der Waals surface area contributed by atoms with Crippen molar-refractivity contribution in [2.24, 2.45) is 0 Å². The van der Waals surface area contributed by atoms with E-state index in [9.17, 15) is 9.59 Å². The van der Waals surface area contributed by atoms with Gasteiger partial charge in [-0.15, -0.1) is 0 Å². The number of nitrogens with one attached hydrogen (secondary N) is 1. The van der Waals surface area contributed by atoms with Crippen molar-refractivity contribution in [2.45, 2.75) is 0 Å². The molecule has 1 rings (SSSR count). The maximum atomic E-state index is 10.4. The van der Waals surface area contributed by atoms with Crippen LogP contribution in [0.4, 0.5) is 0 Å².